The summed E-state index contributed by atoms with van der Waals surface area (Å²) in [5.74, 6) is 4.26. The van der Waals surface area contributed by atoms with Crippen molar-refractivity contribution >= 4 is 0 Å². The summed E-state index contributed by atoms with van der Waals surface area (Å²) in [6.07, 6.45) is 7.69. The van der Waals surface area contributed by atoms with Crippen LogP contribution in [0.4, 0.5) is 0 Å². The first kappa shape index (κ1) is 10.1. The molecule has 0 aliphatic heterocycles. The summed E-state index contributed by atoms with van der Waals surface area (Å²) in [4.78, 5) is 0. The van der Waals surface area contributed by atoms with Crippen molar-refractivity contribution in [1.29, 1.82) is 0 Å². The summed E-state index contributed by atoms with van der Waals surface area (Å²) >= 11 is 0. The molecule has 2 nitrogen and oxygen atoms in total. The zero-order chi connectivity index (χ0) is 10.3. The molecule has 0 amide bonds. The van der Waals surface area contributed by atoms with Crippen LogP contribution in [-0.2, 0) is 0 Å². The van der Waals surface area contributed by atoms with E-state index in [0.717, 1.165) is 42.8 Å². The Hall–Kier alpha value is -0.0800. The minimum absolute atomic E-state index is 0.867. The van der Waals surface area contributed by atoms with Crippen LogP contribution < -0.4 is 10.6 Å². The van der Waals surface area contributed by atoms with Gasteiger partial charge in [0, 0.05) is 19.1 Å². The van der Waals surface area contributed by atoms with E-state index in [1.807, 2.05) is 7.05 Å². The Kier molecular flexibility index (Phi) is 2.73. The first-order chi connectivity index (χ1) is 7.36. The van der Waals surface area contributed by atoms with E-state index in [2.05, 4.69) is 10.6 Å². The van der Waals surface area contributed by atoms with Gasteiger partial charge in [-0.05, 0) is 62.8 Å². The molecular formula is C13H24N2. The molecule has 4 saturated carbocycles. The molecule has 0 aromatic carbocycles. The van der Waals surface area contributed by atoms with Crippen LogP contribution in [0.25, 0.3) is 0 Å². The number of hydrogen-bond acceptors (Lipinski definition) is 2. The maximum atomic E-state index is 3.80. The van der Waals surface area contributed by atoms with E-state index in [4.69, 9.17) is 0 Å². The van der Waals surface area contributed by atoms with E-state index in [1.54, 1.807) is 6.42 Å². The summed E-state index contributed by atoms with van der Waals surface area (Å²) < 4.78 is 0. The quantitative estimate of drug-likeness (QED) is 0.686. The fourth-order valence-electron chi connectivity index (χ4n) is 4.62. The van der Waals surface area contributed by atoms with Gasteiger partial charge in [0.1, 0.15) is 0 Å². The molecule has 4 bridgehead atoms. The van der Waals surface area contributed by atoms with Crippen molar-refractivity contribution in [3.63, 3.8) is 0 Å². The van der Waals surface area contributed by atoms with Crippen LogP contribution >= 0.6 is 0 Å². The Bertz CT molecular complexity index is 199. The van der Waals surface area contributed by atoms with E-state index >= 15 is 0 Å². The van der Waals surface area contributed by atoms with Gasteiger partial charge in [0.25, 0.3) is 0 Å². The highest BCUT2D eigenvalue weighted by molar-refractivity contribution is 5.01. The van der Waals surface area contributed by atoms with Crippen LogP contribution in [0, 0.1) is 23.7 Å². The molecule has 2 heteroatoms. The highest BCUT2D eigenvalue weighted by Gasteiger charge is 2.47. The predicted octanol–water partition coefficient (Wildman–Crippen LogP) is 1.62. The normalized spacial score (nSPS) is 47.4. The molecule has 0 spiro atoms. The van der Waals surface area contributed by atoms with Crippen LogP contribution in [0.5, 0.6) is 0 Å². The lowest BCUT2D eigenvalue weighted by atomic mass is 9.54. The van der Waals surface area contributed by atoms with E-state index in [9.17, 15) is 0 Å². The third-order valence-electron chi connectivity index (χ3n) is 4.98. The van der Waals surface area contributed by atoms with Crippen molar-refractivity contribution in [3.05, 3.63) is 0 Å². The zero-order valence-corrected chi connectivity index (χ0v) is 9.84. The molecule has 0 unspecified atom stereocenters. The molecule has 4 fully saturated rings. The van der Waals surface area contributed by atoms with Crippen LogP contribution in [0.2, 0.25) is 0 Å². The second-order valence-electron chi connectivity index (χ2n) is 6.01. The summed E-state index contributed by atoms with van der Waals surface area (Å²) in [7, 11) is 2.04. The molecular weight excluding hydrogens is 184 g/mol. The van der Waals surface area contributed by atoms with E-state index in [1.165, 1.54) is 25.7 Å². The molecule has 4 rings (SSSR count). The van der Waals surface area contributed by atoms with Crippen LogP contribution in [0.3, 0.4) is 0 Å². The second kappa shape index (κ2) is 4.06. The van der Waals surface area contributed by atoms with Crippen molar-refractivity contribution in [2.24, 2.45) is 23.7 Å². The predicted molar refractivity (Wildman–Crippen MR) is 62.8 cm³/mol. The van der Waals surface area contributed by atoms with Crippen LogP contribution in [0.1, 0.15) is 32.1 Å². The molecule has 86 valence electrons. The first-order valence-electron chi connectivity index (χ1n) is 6.74. The van der Waals surface area contributed by atoms with E-state index in [-0.39, 0.29) is 0 Å². The average molecular weight is 208 g/mol. The molecule has 0 aromatic rings. The molecule has 0 aromatic heterocycles. The lowest BCUT2D eigenvalue weighted by Crippen LogP contribution is -2.55. The van der Waals surface area contributed by atoms with Gasteiger partial charge in [-0.1, -0.05) is 0 Å². The fourth-order valence-corrected chi connectivity index (χ4v) is 4.62. The Morgan fingerprint density at radius 2 is 1.47 bits per heavy atom. The molecule has 0 radical (unpaired) electrons. The molecule has 4 aliphatic rings. The number of nitrogens with one attached hydrogen (secondary N) is 2. The minimum atomic E-state index is 0.867. The maximum absolute atomic E-state index is 3.80. The molecule has 2 N–H and O–H groups in total. The molecule has 15 heavy (non-hydrogen) atoms. The van der Waals surface area contributed by atoms with Crippen molar-refractivity contribution in [2.75, 3.05) is 20.1 Å². The standard InChI is InChI=1S/C13H24N2/c1-14-2-3-15-13-11-5-9-4-10(7-11)8-12(13)6-9/h9-15H,2-8H2,1H3. The second-order valence-corrected chi connectivity index (χ2v) is 6.01. The number of hydrogen-bond donors (Lipinski definition) is 2. The van der Waals surface area contributed by atoms with Gasteiger partial charge in [-0.2, -0.15) is 0 Å². The number of rotatable bonds is 4. The van der Waals surface area contributed by atoms with Crippen LogP contribution in [0.15, 0.2) is 0 Å². The zero-order valence-electron chi connectivity index (χ0n) is 9.84. The topological polar surface area (TPSA) is 24.1 Å². The van der Waals surface area contributed by atoms with E-state index < -0.39 is 0 Å². The Morgan fingerprint density at radius 1 is 0.867 bits per heavy atom. The maximum Gasteiger partial charge on any atom is 0.0124 e. The monoisotopic (exact) mass is 208 g/mol. The van der Waals surface area contributed by atoms with Gasteiger partial charge >= 0.3 is 0 Å². The van der Waals surface area contributed by atoms with Crippen LogP contribution in [-0.4, -0.2) is 26.2 Å². The summed E-state index contributed by atoms with van der Waals surface area (Å²) in [6.45, 7) is 2.27. The first-order valence-corrected chi connectivity index (χ1v) is 6.74. The van der Waals surface area contributed by atoms with Crippen molar-refractivity contribution in [2.45, 2.75) is 38.1 Å². The average Bonchev–Trinajstić information content (AvgIpc) is 2.21. The fraction of sp³-hybridized carbons (Fsp3) is 1.00. The smallest absolute Gasteiger partial charge is 0.0124 e. The highest BCUT2D eigenvalue weighted by atomic mass is 15.0. The van der Waals surface area contributed by atoms with Gasteiger partial charge in [-0.3, -0.25) is 0 Å². The van der Waals surface area contributed by atoms with Gasteiger partial charge in [-0.15, -0.1) is 0 Å². The lowest BCUT2D eigenvalue weighted by Gasteiger charge is -2.54. The molecule has 0 atom stereocenters. The summed E-state index contributed by atoms with van der Waals surface area (Å²) in [6, 6.07) is 0.867. The SMILES string of the molecule is CNCCNC1C2CC3CC(C2)CC1C3. The third-order valence-corrected chi connectivity index (χ3v) is 4.98. The Labute approximate surface area is 93.2 Å². The molecule has 0 saturated heterocycles. The third kappa shape index (κ3) is 1.83. The molecule has 4 aliphatic carbocycles. The van der Waals surface area contributed by atoms with Gasteiger partial charge in [-0.25, -0.2) is 0 Å². The van der Waals surface area contributed by atoms with Crippen molar-refractivity contribution in [3.8, 4) is 0 Å². The Morgan fingerprint density at radius 3 is 2.00 bits per heavy atom. The number of likely N-dealkylation sites (N-methyl/N-ethyl adjacent to an activating group) is 1. The van der Waals surface area contributed by atoms with Gasteiger partial charge in [0.2, 0.25) is 0 Å². The van der Waals surface area contributed by atoms with Crippen molar-refractivity contribution in [1.82, 2.24) is 10.6 Å². The van der Waals surface area contributed by atoms with E-state index in [0.29, 0.717) is 0 Å². The van der Waals surface area contributed by atoms with Crippen molar-refractivity contribution < 1.29 is 0 Å². The van der Waals surface area contributed by atoms with Gasteiger partial charge < -0.3 is 10.6 Å². The Balaban J connectivity index is 1.60. The largest absolute Gasteiger partial charge is 0.318 e. The van der Waals surface area contributed by atoms with Gasteiger partial charge in [0.05, 0.1) is 0 Å². The highest BCUT2D eigenvalue weighted by Crippen LogP contribution is 2.53. The minimum Gasteiger partial charge on any atom is -0.318 e. The van der Waals surface area contributed by atoms with Gasteiger partial charge in [0.15, 0.2) is 0 Å². The molecule has 0 heterocycles. The summed E-state index contributed by atoms with van der Waals surface area (Å²) in [5, 5.41) is 7.03. The lowest BCUT2D eigenvalue weighted by molar-refractivity contribution is -0.0133. The summed E-state index contributed by atoms with van der Waals surface area (Å²) in [5.41, 5.74) is 0.